The lowest BCUT2D eigenvalue weighted by atomic mass is 9.99. The van der Waals surface area contributed by atoms with Crippen molar-refractivity contribution in [2.24, 2.45) is 0 Å². The van der Waals surface area contributed by atoms with Crippen molar-refractivity contribution >= 4 is 0 Å². The fraction of sp³-hybridized carbons (Fsp3) is 0.538. The Labute approximate surface area is 102 Å². The maximum atomic E-state index is 5.43. The van der Waals surface area contributed by atoms with E-state index in [1.165, 1.54) is 0 Å². The minimum Gasteiger partial charge on any atom is -0.496 e. The first kappa shape index (κ1) is 13.5. The van der Waals surface area contributed by atoms with Crippen LogP contribution < -0.4 is 18.9 Å². The molecule has 1 aromatic carbocycles. The third-order valence-electron chi connectivity index (χ3n) is 2.63. The van der Waals surface area contributed by atoms with Gasteiger partial charge >= 0.3 is 0 Å². The number of rotatable bonds is 5. The molecule has 0 aliphatic heterocycles. The summed E-state index contributed by atoms with van der Waals surface area (Å²) in [4.78, 5) is 0. The highest BCUT2D eigenvalue weighted by Crippen LogP contribution is 2.47. The zero-order chi connectivity index (χ0) is 13.0. The van der Waals surface area contributed by atoms with Gasteiger partial charge in [0, 0.05) is 11.6 Å². The van der Waals surface area contributed by atoms with Crippen LogP contribution in [0.5, 0.6) is 23.0 Å². The Morgan fingerprint density at radius 2 is 1.29 bits per heavy atom. The molecule has 0 heterocycles. The molecule has 0 aliphatic rings. The molecule has 1 aromatic rings. The highest BCUT2D eigenvalue weighted by molar-refractivity contribution is 5.62. The van der Waals surface area contributed by atoms with E-state index in [4.69, 9.17) is 18.9 Å². The van der Waals surface area contributed by atoms with Crippen molar-refractivity contribution in [3.8, 4) is 23.0 Å². The summed E-state index contributed by atoms with van der Waals surface area (Å²) in [7, 11) is 6.43. The monoisotopic (exact) mass is 240 g/mol. The summed E-state index contributed by atoms with van der Waals surface area (Å²) < 4.78 is 21.4. The molecule has 0 saturated carbocycles. The molecule has 0 amide bonds. The molecule has 1 rings (SSSR count). The molecule has 0 unspecified atom stereocenters. The van der Waals surface area contributed by atoms with E-state index in [0.717, 1.165) is 11.3 Å². The van der Waals surface area contributed by atoms with Gasteiger partial charge in [-0.2, -0.15) is 0 Å². The SMILES string of the molecule is COc1cc(OC)c(C(C)C)c(OC)c1OC. The Morgan fingerprint density at radius 3 is 1.65 bits per heavy atom. The third-order valence-corrected chi connectivity index (χ3v) is 2.63. The van der Waals surface area contributed by atoms with Crippen LogP contribution in [0.3, 0.4) is 0 Å². The molecule has 96 valence electrons. The average molecular weight is 240 g/mol. The topological polar surface area (TPSA) is 36.9 Å². The van der Waals surface area contributed by atoms with E-state index in [9.17, 15) is 0 Å². The van der Waals surface area contributed by atoms with E-state index in [2.05, 4.69) is 13.8 Å². The second kappa shape index (κ2) is 5.66. The molecule has 0 N–H and O–H groups in total. The second-order valence-electron chi connectivity index (χ2n) is 3.92. The van der Waals surface area contributed by atoms with Crippen LogP contribution in [0.25, 0.3) is 0 Å². The maximum absolute atomic E-state index is 5.43. The third kappa shape index (κ3) is 2.40. The zero-order valence-electron chi connectivity index (χ0n) is 11.3. The summed E-state index contributed by atoms with van der Waals surface area (Å²) in [6.07, 6.45) is 0. The van der Waals surface area contributed by atoms with Crippen LogP contribution in [0.2, 0.25) is 0 Å². The molecule has 0 bridgehead atoms. The van der Waals surface area contributed by atoms with Gasteiger partial charge in [-0.25, -0.2) is 0 Å². The lowest BCUT2D eigenvalue weighted by Gasteiger charge is -2.20. The van der Waals surface area contributed by atoms with Gasteiger partial charge in [-0.15, -0.1) is 0 Å². The lowest BCUT2D eigenvalue weighted by Crippen LogP contribution is -2.03. The minimum absolute atomic E-state index is 0.264. The minimum atomic E-state index is 0.264. The van der Waals surface area contributed by atoms with Gasteiger partial charge in [0.25, 0.3) is 0 Å². The molecule has 0 aliphatic carbocycles. The van der Waals surface area contributed by atoms with Crippen molar-refractivity contribution in [2.45, 2.75) is 19.8 Å². The van der Waals surface area contributed by atoms with Crippen LogP contribution in [-0.2, 0) is 0 Å². The van der Waals surface area contributed by atoms with Gasteiger partial charge in [0.05, 0.1) is 28.4 Å². The van der Waals surface area contributed by atoms with Gasteiger partial charge in [0.2, 0.25) is 5.75 Å². The lowest BCUT2D eigenvalue weighted by molar-refractivity contribution is 0.313. The Bertz CT molecular complexity index is 385. The van der Waals surface area contributed by atoms with Crippen LogP contribution in [0, 0.1) is 0 Å². The summed E-state index contributed by atoms with van der Waals surface area (Å²) in [6, 6.07) is 1.82. The van der Waals surface area contributed by atoms with E-state index < -0.39 is 0 Å². The number of methoxy groups -OCH3 is 4. The average Bonchev–Trinajstić information content (AvgIpc) is 2.35. The molecule has 4 heteroatoms. The quantitative estimate of drug-likeness (QED) is 0.793. The zero-order valence-corrected chi connectivity index (χ0v) is 11.3. The molecule has 0 saturated heterocycles. The molecular weight excluding hydrogens is 220 g/mol. The smallest absolute Gasteiger partial charge is 0.203 e. The molecule has 4 nitrogen and oxygen atoms in total. The first-order chi connectivity index (χ1) is 8.10. The summed E-state index contributed by atoms with van der Waals surface area (Å²) in [5.41, 5.74) is 0.979. The number of hydrogen-bond acceptors (Lipinski definition) is 4. The number of hydrogen-bond donors (Lipinski definition) is 0. The fourth-order valence-electron chi connectivity index (χ4n) is 1.87. The van der Waals surface area contributed by atoms with Crippen molar-refractivity contribution < 1.29 is 18.9 Å². The largest absolute Gasteiger partial charge is 0.496 e. The van der Waals surface area contributed by atoms with Crippen LogP contribution in [-0.4, -0.2) is 28.4 Å². The molecule has 0 fully saturated rings. The van der Waals surface area contributed by atoms with Crippen molar-refractivity contribution in [1.29, 1.82) is 0 Å². The highest BCUT2D eigenvalue weighted by Gasteiger charge is 2.22. The summed E-state index contributed by atoms with van der Waals surface area (Å²) in [6.45, 7) is 4.15. The van der Waals surface area contributed by atoms with Crippen molar-refractivity contribution in [3.63, 3.8) is 0 Å². The molecular formula is C13H20O4. The summed E-state index contributed by atoms with van der Waals surface area (Å²) >= 11 is 0. The first-order valence-corrected chi connectivity index (χ1v) is 5.47. The van der Waals surface area contributed by atoms with E-state index >= 15 is 0 Å². The fourth-order valence-corrected chi connectivity index (χ4v) is 1.87. The van der Waals surface area contributed by atoms with Gasteiger partial charge in [0.1, 0.15) is 5.75 Å². The van der Waals surface area contributed by atoms with Gasteiger partial charge in [-0.3, -0.25) is 0 Å². The van der Waals surface area contributed by atoms with Crippen LogP contribution >= 0.6 is 0 Å². The Hall–Kier alpha value is -1.58. The number of ether oxygens (including phenoxy) is 4. The number of benzene rings is 1. The normalized spacial score (nSPS) is 10.3. The van der Waals surface area contributed by atoms with Gasteiger partial charge in [-0.05, 0) is 5.92 Å². The van der Waals surface area contributed by atoms with Crippen LogP contribution in [0.1, 0.15) is 25.3 Å². The van der Waals surface area contributed by atoms with Gasteiger partial charge < -0.3 is 18.9 Å². The second-order valence-corrected chi connectivity index (χ2v) is 3.92. The predicted octanol–water partition coefficient (Wildman–Crippen LogP) is 2.84. The molecule has 0 aromatic heterocycles. The standard InChI is InChI=1S/C13H20O4/c1-8(2)11-9(14-3)7-10(15-4)12(16-5)13(11)17-6/h7-8H,1-6H3. The van der Waals surface area contributed by atoms with Gasteiger partial charge in [-0.1, -0.05) is 13.8 Å². The van der Waals surface area contributed by atoms with Crippen molar-refractivity contribution in [3.05, 3.63) is 11.6 Å². The molecule has 0 spiro atoms. The van der Waals surface area contributed by atoms with Crippen LogP contribution in [0.4, 0.5) is 0 Å². The van der Waals surface area contributed by atoms with E-state index in [1.807, 2.05) is 6.07 Å². The Morgan fingerprint density at radius 1 is 0.765 bits per heavy atom. The van der Waals surface area contributed by atoms with E-state index in [1.54, 1.807) is 28.4 Å². The highest BCUT2D eigenvalue weighted by atomic mass is 16.5. The first-order valence-electron chi connectivity index (χ1n) is 5.47. The van der Waals surface area contributed by atoms with Gasteiger partial charge in [0.15, 0.2) is 11.5 Å². The summed E-state index contributed by atoms with van der Waals surface area (Å²) in [5, 5.41) is 0. The van der Waals surface area contributed by atoms with E-state index in [-0.39, 0.29) is 5.92 Å². The van der Waals surface area contributed by atoms with Crippen molar-refractivity contribution in [1.82, 2.24) is 0 Å². The van der Waals surface area contributed by atoms with E-state index in [0.29, 0.717) is 17.2 Å². The molecule has 0 atom stereocenters. The molecule has 17 heavy (non-hydrogen) atoms. The van der Waals surface area contributed by atoms with Crippen LogP contribution in [0.15, 0.2) is 6.07 Å². The summed E-state index contributed by atoms with van der Waals surface area (Å²) in [5.74, 6) is 2.87. The van der Waals surface area contributed by atoms with Crippen molar-refractivity contribution in [2.75, 3.05) is 28.4 Å². The maximum Gasteiger partial charge on any atom is 0.203 e. The molecule has 0 radical (unpaired) electrons. The predicted molar refractivity (Wildman–Crippen MR) is 66.7 cm³/mol. The Kier molecular flexibility index (Phi) is 4.49. The Balaban J connectivity index is 3.56.